The first-order valence-corrected chi connectivity index (χ1v) is 35.2. The lowest BCUT2D eigenvalue weighted by atomic mass is 10.0. The van der Waals surface area contributed by atoms with Gasteiger partial charge >= 0.3 is 0 Å². The summed E-state index contributed by atoms with van der Waals surface area (Å²) in [5, 5.41) is 14.3. The molecule has 0 fully saturated rings. The SMILES string of the molecule is BrCCc1cccc2ccccc12.CCCCCBr.CCCCC[n+]1cn(CCc2cccc3ccccc23)c(Cl)c1Cl.CCCCC[n+]1cn(CCc2cccc3ccccc23)c(Cl)c1Cl.CCCCCn1cnc(Cl)c1Cl.Clc1nc[nH]c1Cl.[Br-].[Br-]. The quantitative estimate of drug-likeness (QED) is 0.0394. The summed E-state index contributed by atoms with van der Waals surface area (Å²) in [5.74, 6) is 0. The summed E-state index contributed by atoms with van der Waals surface area (Å²) in [7, 11) is 0. The predicted molar refractivity (Wildman–Crippen MR) is 379 cm³/mol. The van der Waals surface area contributed by atoms with Crippen LogP contribution in [0.2, 0.25) is 41.2 Å². The zero-order valence-corrected chi connectivity index (χ0v) is 63.0. The molecule has 4 aromatic heterocycles. The number of hydrogen-bond donors (Lipinski definition) is 1. The fraction of sp³-hybridized carbons (Fsp3) is 0.382. The smallest absolute Gasteiger partial charge is 0.255 e. The highest BCUT2D eigenvalue weighted by Crippen LogP contribution is 2.26. The van der Waals surface area contributed by atoms with Crippen LogP contribution >= 0.6 is 125 Å². The maximum absolute atomic E-state index is 6.42. The van der Waals surface area contributed by atoms with Crippen molar-refractivity contribution in [2.45, 2.75) is 157 Å². The molecule has 0 aliphatic carbocycles. The van der Waals surface area contributed by atoms with Crippen LogP contribution in [-0.4, -0.2) is 39.3 Å². The number of halogens is 12. The molecule has 0 spiro atoms. The third-order valence-electron chi connectivity index (χ3n) is 14.2. The maximum atomic E-state index is 6.42. The molecule has 0 unspecified atom stereocenters. The minimum Gasteiger partial charge on any atom is -1.00 e. The summed E-state index contributed by atoms with van der Waals surface area (Å²) in [6.07, 6.45) is 24.8. The normalized spacial score (nSPS) is 10.5. The largest absolute Gasteiger partial charge is 1.00 e. The van der Waals surface area contributed by atoms with Gasteiger partial charge < -0.3 is 43.5 Å². The van der Waals surface area contributed by atoms with Crippen LogP contribution in [0.15, 0.2) is 153 Å². The number of benzene rings is 6. The molecule has 0 saturated carbocycles. The molecule has 88 heavy (non-hydrogen) atoms. The van der Waals surface area contributed by atoms with Gasteiger partial charge in [0.25, 0.3) is 20.6 Å². The minimum absolute atomic E-state index is 0. The van der Waals surface area contributed by atoms with Crippen molar-refractivity contribution in [2.75, 3.05) is 10.7 Å². The summed E-state index contributed by atoms with van der Waals surface area (Å²) >= 11 is 54.7. The van der Waals surface area contributed by atoms with Crippen molar-refractivity contribution in [3.63, 3.8) is 0 Å². The molecular weight excluding hydrogens is 1530 g/mol. The zero-order chi connectivity index (χ0) is 62.1. The van der Waals surface area contributed by atoms with Gasteiger partial charge in [0.05, 0.1) is 38.8 Å². The maximum Gasteiger partial charge on any atom is 0.255 e. The Labute approximate surface area is 600 Å². The van der Waals surface area contributed by atoms with Crippen LogP contribution in [0.5, 0.6) is 0 Å². The Morgan fingerprint density at radius 2 is 0.807 bits per heavy atom. The third kappa shape index (κ3) is 26.3. The van der Waals surface area contributed by atoms with Gasteiger partial charge in [0.15, 0.2) is 10.3 Å². The number of aromatic nitrogens is 8. The Balaban J connectivity index is 0.000000294. The highest BCUT2D eigenvalue weighted by molar-refractivity contribution is 9.09. The number of unbranched alkanes of at least 4 members (excludes halogenated alkanes) is 8. The van der Waals surface area contributed by atoms with E-state index in [4.69, 9.17) is 92.8 Å². The topological polar surface area (TPSA) is 64.1 Å². The van der Waals surface area contributed by atoms with Crippen LogP contribution in [0.4, 0.5) is 0 Å². The summed E-state index contributed by atoms with van der Waals surface area (Å²) in [6, 6.07) is 44.9. The average molecular weight is 1610 g/mol. The Morgan fingerprint density at radius 1 is 0.409 bits per heavy atom. The number of nitrogens with zero attached hydrogens (tertiary/aromatic N) is 7. The minimum atomic E-state index is 0. The van der Waals surface area contributed by atoms with Gasteiger partial charge in [-0.15, -0.1) is 0 Å². The van der Waals surface area contributed by atoms with E-state index in [2.05, 4.69) is 220 Å². The van der Waals surface area contributed by atoms with Crippen LogP contribution in [0.25, 0.3) is 32.3 Å². The van der Waals surface area contributed by atoms with E-state index in [1.165, 1.54) is 118 Å². The summed E-state index contributed by atoms with van der Waals surface area (Å²) in [5.41, 5.74) is 4.10. The molecule has 0 amide bonds. The van der Waals surface area contributed by atoms with Gasteiger partial charge in [0.1, 0.15) is 10.3 Å². The first-order valence-electron chi connectivity index (χ1n) is 29.9. The molecule has 1 N–H and O–H groups in total. The van der Waals surface area contributed by atoms with E-state index in [1.54, 1.807) is 6.33 Å². The molecule has 20 heteroatoms. The van der Waals surface area contributed by atoms with E-state index in [1.807, 2.05) is 17.2 Å². The van der Waals surface area contributed by atoms with Gasteiger partial charge in [-0.1, -0.05) is 272 Å². The van der Waals surface area contributed by atoms with Crippen molar-refractivity contribution < 1.29 is 43.1 Å². The number of fused-ring (bicyclic) bond motifs is 3. The lowest BCUT2D eigenvalue weighted by molar-refractivity contribution is -0.694. The van der Waals surface area contributed by atoms with Gasteiger partial charge in [0, 0.05) is 30.0 Å². The Morgan fingerprint density at radius 3 is 1.15 bits per heavy atom. The fourth-order valence-corrected chi connectivity index (χ4v) is 11.8. The van der Waals surface area contributed by atoms with Gasteiger partial charge in [-0.25, -0.2) is 28.2 Å². The number of aromatic amines is 1. The summed E-state index contributed by atoms with van der Waals surface area (Å²) < 4.78 is 10.1. The summed E-state index contributed by atoms with van der Waals surface area (Å²) in [6.45, 7) is 13.2. The molecule has 4 heterocycles. The zero-order valence-electron chi connectivity index (χ0n) is 50.7. The number of imidazole rings is 4. The standard InChI is InChI=1S/2C20H23Cl2N2.C12H11Br.C8H12Cl2N2.C5H11Br.C3H2Cl2N2.2BrH/c2*1-2-3-6-13-23-15-24(20(22)19(23)21)14-12-17-10-7-9-16-8-4-5-11-18(16)17;13-9-8-11-6-3-5-10-4-1-2-7-12(10)11;1-2-3-4-5-12-6-11-7(9)8(12)10;1-2-3-4-5-6;4-2-3(5)7-1-6-2;;/h2*4-5,7-11,15H,2-3,6,12-14H2,1H3;1-7H,8-9H2;6H,2-5H2,1H3;2-5H2,1H3;1H,(H,6,7);2*1H/q2*+1;;;;;;/p-2. The molecule has 0 saturated heterocycles. The van der Waals surface area contributed by atoms with Gasteiger partial charge in [-0.3, -0.25) is 0 Å². The molecular formula is C68H82Br4Cl8N8. The molecule has 8 nitrogen and oxygen atoms in total. The molecule has 0 aliphatic rings. The van der Waals surface area contributed by atoms with Crippen LogP contribution in [-0.2, 0) is 52.0 Å². The predicted octanol–water partition coefficient (Wildman–Crippen LogP) is 16.8. The molecule has 0 radical (unpaired) electrons. The molecule has 0 bridgehead atoms. The van der Waals surface area contributed by atoms with Gasteiger partial charge in [-0.05, 0) is 140 Å². The first-order chi connectivity index (χ1) is 41.8. The highest BCUT2D eigenvalue weighted by Gasteiger charge is 2.21. The number of hydrogen-bond acceptors (Lipinski definition) is 2. The van der Waals surface area contributed by atoms with Crippen molar-refractivity contribution in [3.8, 4) is 0 Å². The van der Waals surface area contributed by atoms with E-state index in [0.29, 0.717) is 41.2 Å². The lowest BCUT2D eigenvalue weighted by Crippen LogP contribution is -3.00. The monoisotopic (exact) mass is 1610 g/mol. The average Bonchev–Trinajstić information content (AvgIpc) is 4.15. The first kappa shape index (κ1) is 79.4. The molecule has 10 rings (SSSR count). The molecule has 0 aliphatic heterocycles. The molecule has 6 aromatic carbocycles. The lowest BCUT2D eigenvalue weighted by Gasteiger charge is -2.05. The number of nitrogens with one attached hydrogen (secondary N) is 1. The molecule has 10 aromatic rings. The molecule has 478 valence electrons. The van der Waals surface area contributed by atoms with E-state index >= 15 is 0 Å². The van der Waals surface area contributed by atoms with E-state index in [0.717, 1.165) is 76.6 Å². The Hall–Kier alpha value is -2.82. The second-order valence-electron chi connectivity index (χ2n) is 20.6. The van der Waals surface area contributed by atoms with Crippen LogP contribution in [0, 0.1) is 0 Å². The fourth-order valence-electron chi connectivity index (χ4n) is 9.45. The number of H-pyrrole nitrogens is 1. The van der Waals surface area contributed by atoms with Crippen LogP contribution < -0.4 is 43.1 Å². The molecule has 0 atom stereocenters. The van der Waals surface area contributed by atoms with E-state index in [-0.39, 0.29) is 34.0 Å². The second kappa shape index (κ2) is 45.5. The Bertz CT molecular complexity index is 3360. The van der Waals surface area contributed by atoms with Crippen molar-refractivity contribution in [3.05, 3.63) is 211 Å². The van der Waals surface area contributed by atoms with Crippen molar-refractivity contribution in [2.24, 2.45) is 0 Å². The number of aryl methyl sites for hydroxylation is 8. The second-order valence-corrected chi connectivity index (χ2v) is 25.0. The van der Waals surface area contributed by atoms with Crippen molar-refractivity contribution >= 4 is 157 Å². The number of alkyl halides is 2. The van der Waals surface area contributed by atoms with Crippen molar-refractivity contribution in [1.82, 2.24) is 28.7 Å². The third-order valence-corrected chi connectivity index (χ3v) is 18.4. The van der Waals surface area contributed by atoms with E-state index < -0.39 is 0 Å². The van der Waals surface area contributed by atoms with Gasteiger partial charge in [0.2, 0.25) is 12.7 Å². The van der Waals surface area contributed by atoms with Gasteiger partial charge in [-0.2, -0.15) is 0 Å². The highest BCUT2D eigenvalue weighted by atomic mass is 79.9. The van der Waals surface area contributed by atoms with Crippen LogP contribution in [0.1, 0.15) is 121 Å². The van der Waals surface area contributed by atoms with Crippen LogP contribution in [0.3, 0.4) is 0 Å². The Kier molecular flexibility index (Phi) is 41.0. The van der Waals surface area contributed by atoms with Crippen molar-refractivity contribution in [1.29, 1.82) is 0 Å². The number of rotatable bonds is 23. The summed E-state index contributed by atoms with van der Waals surface area (Å²) in [4.78, 5) is 10.1. The van der Waals surface area contributed by atoms with E-state index in [9.17, 15) is 0 Å².